The maximum Gasteiger partial charge on any atom is 0.230 e. The van der Waals surface area contributed by atoms with Crippen molar-refractivity contribution in [1.82, 2.24) is 19.9 Å². The van der Waals surface area contributed by atoms with Crippen LogP contribution in [0.4, 0.5) is 0 Å². The van der Waals surface area contributed by atoms with Crippen LogP contribution in [0.1, 0.15) is 35.6 Å². The van der Waals surface area contributed by atoms with E-state index in [4.69, 9.17) is 4.74 Å². The van der Waals surface area contributed by atoms with Gasteiger partial charge in [0.2, 0.25) is 5.91 Å². The smallest absolute Gasteiger partial charge is 0.230 e. The van der Waals surface area contributed by atoms with Crippen LogP contribution in [0.2, 0.25) is 0 Å². The van der Waals surface area contributed by atoms with Crippen molar-refractivity contribution < 1.29 is 9.53 Å². The lowest BCUT2D eigenvalue weighted by molar-refractivity contribution is -0.119. The molecule has 1 unspecified atom stereocenters. The summed E-state index contributed by atoms with van der Waals surface area (Å²) in [7, 11) is 1.66. The molecule has 2 heterocycles. The van der Waals surface area contributed by atoms with E-state index in [1.165, 1.54) is 22.9 Å². The summed E-state index contributed by atoms with van der Waals surface area (Å²) in [5, 5.41) is 13.7. The van der Waals surface area contributed by atoms with E-state index in [1.54, 1.807) is 7.11 Å². The average molecular weight is 433 g/mol. The van der Waals surface area contributed by atoms with Gasteiger partial charge in [-0.1, -0.05) is 36.0 Å². The van der Waals surface area contributed by atoms with Crippen molar-refractivity contribution in [3.05, 3.63) is 65.2 Å². The highest BCUT2D eigenvalue weighted by molar-refractivity contribution is 7.99. The molecule has 7 heteroatoms. The lowest BCUT2D eigenvalue weighted by atomic mass is 9.88. The molecule has 31 heavy (non-hydrogen) atoms. The second kappa shape index (κ2) is 8.23. The summed E-state index contributed by atoms with van der Waals surface area (Å²) in [6.45, 7) is 2.06. The van der Waals surface area contributed by atoms with E-state index in [2.05, 4.69) is 40.6 Å². The molecule has 5 rings (SSSR count). The minimum atomic E-state index is 0.0115. The summed E-state index contributed by atoms with van der Waals surface area (Å²) in [5.41, 5.74) is 5.45. The van der Waals surface area contributed by atoms with Gasteiger partial charge in [0.05, 0.1) is 24.4 Å². The summed E-state index contributed by atoms with van der Waals surface area (Å²) in [4.78, 5) is 12.8. The van der Waals surface area contributed by atoms with Gasteiger partial charge in [-0.3, -0.25) is 9.20 Å². The van der Waals surface area contributed by atoms with Crippen molar-refractivity contribution in [3.8, 4) is 5.75 Å². The first-order valence-corrected chi connectivity index (χ1v) is 11.4. The van der Waals surface area contributed by atoms with Crippen LogP contribution >= 0.6 is 11.8 Å². The number of hydrogen-bond acceptors (Lipinski definition) is 5. The van der Waals surface area contributed by atoms with E-state index in [0.29, 0.717) is 10.9 Å². The Labute approximate surface area is 185 Å². The number of fused-ring (bicyclic) bond motifs is 4. The first-order valence-electron chi connectivity index (χ1n) is 10.5. The first kappa shape index (κ1) is 19.9. The fourth-order valence-corrected chi connectivity index (χ4v) is 5.16. The predicted octanol–water partition coefficient (Wildman–Crippen LogP) is 4.49. The number of pyridine rings is 1. The lowest BCUT2D eigenvalue weighted by Gasteiger charge is -2.26. The number of amides is 1. The molecule has 0 radical (unpaired) electrons. The zero-order valence-electron chi connectivity index (χ0n) is 17.6. The van der Waals surface area contributed by atoms with Crippen LogP contribution in [0.15, 0.2) is 53.7 Å². The van der Waals surface area contributed by atoms with Gasteiger partial charge in [-0.05, 0) is 61.1 Å². The molecule has 2 aromatic carbocycles. The molecular weight excluding hydrogens is 408 g/mol. The molecule has 4 aromatic rings. The van der Waals surface area contributed by atoms with Gasteiger partial charge in [0.1, 0.15) is 5.75 Å². The van der Waals surface area contributed by atoms with Crippen molar-refractivity contribution in [3.63, 3.8) is 0 Å². The van der Waals surface area contributed by atoms with Crippen LogP contribution < -0.4 is 10.1 Å². The molecule has 1 aliphatic rings. The Morgan fingerprint density at radius 3 is 2.97 bits per heavy atom. The number of nitrogens with zero attached hydrogens (tertiary/aromatic N) is 3. The molecule has 0 aliphatic heterocycles. The maximum atomic E-state index is 12.8. The number of hydrogen-bond donors (Lipinski definition) is 1. The molecule has 0 saturated heterocycles. The number of nitrogens with one attached hydrogen (secondary N) is 1. The summed E-state index contributed by atoms with van der Waals surface area (Å²) in [5.74, 6) is 1.08. The average Bonchev–Trinajstić information content (AvgIpc) is 3.20. The highest BCUT2D eigenvalue weighted by Gasteiger charge is 2.22. The van der Waals surface area contributed by atoms with Crippen molar-refractivity contribution in [2.75, 3.05) is 12.9 Å². The molecule has 0 saturated carbocycles. The van der Waals surface area contributed by atoms with Crippen molar-refractivity contribution in [2.24, 2.45) is 0 Å². The van der Waals surface area contributed by atoms with Gasteiger partial charge in [-0.2, -0.15) is 0 Å². The lowest BCUT2D eigenvalue weighted by Crippen LogP contribution is -2.32. The fraction of sp³-hybridized carbons (Fsp3) is 0.292. The number of rotatable bonds is 5. The van der Waals surface area contributed by atoms with Crippen LogP contribution in [-0.2, 0) is 11.2 Å². The molecule has 158 valence electrons. The van der Waals surface area contributed by atoms with Crippen LogP contribution in [0.25, 0.3) is 16.6 Å². The maximum absolute atomic E-state index is 12.8. The zero-order valence-corrected chi connectivity index (χ0v) is 18.4. The Morgan fingerprint density at radius 2 is 2.10 bits per heavy atom. The summed E-state index contributed by atoms with van der Waals surface area (Å²) >= 11 is 1.41. The Morgan fingerprint density at radius 1 is 1.23 bits per heavy atom. The second-order valence-corrected chi connectivity index (χ2v) is 8.83. The molecule has 6 nitrogen and oxygen atoms in total. The summed E-state index contributed by atoms with van der Waals surface area (Å²) in [6, 6.07) is 16.5. The van der Waals surface area contributed by atoms with E-state index in [0.717, 1.165) is 47.1 Å². The summed E-state index contributed by atoms with van der Waals surface area (Å²) < 4.78 is 7.41. The van der Waals surface area contributed by atoms with E-state index in [-0.39, 0.29) is 11.9 Å². The molecule has 0 spiro atoms. The number of carbonyl (C=O) groups is 1. The third-order valence-electron chi connectivity index (χ3n) is 5.91. The van der Waals surface area contributed by atoms with E-state index in [1.807, 2.05) is 34.7 Å². The molecular formula is C24H24N4O2S. The Balaban J connectivity index is 1.38. The number of ether oxygens (including phenoxy) is 1. The Kier molecular flexibility index (Phi) is 5.28. The molecule has 1 aliphatic carbocycles. The van der Waals surface area contributed by atoms with Crippen LogP contribution in [0.5, 0.6) is 5.75 Å². The highest BCUT2D eigenvalue weighted by Crippen LogP contribution is 2.31. The molecule has 1 atom stereocenters. The van der Waals surface area contributed by atoms with Gasteiger partial charge in [-0.15, -0.1) is 10.2 Å². The van der Waals surface area contributed by atoms with Crippen molar-refractivity contribution in [2.45, 2.75) is 37.4 Å². The molecule has 1 amide bonds. The number of methoxy groups -OCH3 is 1. The number of aromatic nitrogens is 3. The van der Waals surface area contributed by atoms with Gasteiger partial charge in [-0.25, -0.2) is 0 Å². The van der Waals surface area contributed by atoms with Crippen LogP contribution in [0.3, 0.4) is 0 Å². The zero-order chi connectivity index (χ0) is 21.4. The fourth-order valence-electron chi connectivity index (χ4n) is 4.39. The van der Waals surface area contributed by atoms with Gasteiger partial charge < -0.3 is 10.1 Å². The molecule has 0 fully saturated rings. The van der Waals surface area contributed by atoms with E-state index < -0.39 is 0 Å². The minimum absolute atomic E-state index is 0.0115. The number of carbonyl (C=O) groups excluding carboxylic acids is 1. The Bertz CT molecular complexity index is 1280. The third-order valence-corrected chi connectivity index (χ3v) is 6.84. The normalized spacial score (nSPS) is 15.7. The topological polar surface area (TPSA) is 68.5 Å². The largest absolute Gasteiger partial charge is 0.497 e. The molecule has 1 N–H and O–H groups in total. The molecule has 0 bridgehead atoms. The monoisotopic (exact) mass is 432 g/mol. The first-order chi connectivity index (χ1) is 15.1. The van der Waals surface area contributed by atoms with Crippen molar-refractivity contribution >= 4 is 34.2 Å². The number of aryl methyl sites for hydroxylation is 2. The Hall–Kier alpha value is -3.06. The predicted molar refractivity (Wildman–Crippen MR) is 123 cm³/mol. The van der Waals surface area contributed by atoms with Gasteiger partial charge in [0.25, 0.3) is 0 Å². The van der Waals surface area contributed by atoms with E-state index >= 15 is 0 Å². The standard InChI is InChI=1S/C24H24N4O2S/c1-15-12-22-26-27-24(28(22)21-13-17(30-2)10-11-18(15)21)31-14-23(29)25-20-9-5-7-16-6-3-4-8-19(16)20/h3-4,6,8,10-13,20H,5,7,9,14H2,1-2H3,(H,25,29). The summed E-state index contributed by atoms with van der Waals surface area (Å²) in [6.07, 6.45) is 3.15. The highest BCUT2D eigenvalue weighted by atomic mass is 32.2. The van der Waals surface area contributed by atoms with Crippen LogP contribution in [-0.4, -0.2) is 33.4 Å². The van der Waals surface area contributed by atoms with Gasteiger partial charge in [0, 0.05) is 11.5 Å². The van der Waals surface area contributed by atoms with Crippen LogP contribution in [0, 0.1) is 6.92 Å². The number of thioether (sulfide) groups is 1. The second-order valence-electron chi connectivity index (χ2n) is 7.89. The quantitative estimate of drug-likeness (QED) is 0.471. The SMILES string of the molecule is COc1ccc2c(C)cc3nnc(SCC(=O)NC4CCCc5ccccc54)n3c2c1. The van der Waals surface area contributed by atoms with E-state index in [9.17, 15) is 4.79 Å². The molecule has 2 aromatic heterocycles. The number of benzene rings is 2. The van der Waals surface area contributed by atoms with Crippen molar-refractivity contribution in [1.29, 1.82) is 0 Å². The minimum Gasteiger partial charge on any atom is -0.497 e. The third kappa shape index (κ3) is 3.74. The van der Waals surface area contributed by atoms with Gasteiger partial charge in [0.15, 0.2) is 10.8 Å². The van der Waals surface area contributed by atoms with Gasteiger partial charge >= 0.3 is 0 Å².